The summed E-state index contributed by atoms with van der Waals surface area (Å²) in [7, 11) is 1.96. The number of piperidine rings is 2. The Morgan fingerprint density at radius 1 is 0.935 bits per heavy atom. The Labute approximate surface area is 188 Å². The van der Waals surface area contributed by atoms with Crippen LogP contribution in [-0.2, 0) is 0 Å². The van der Waals surface area contributed by atoms with Crippen LogP contribution in [0.3, 0.4) is 0 Å². The van der Waals surface area contributed by atoms with Crippen molar-refractivity contribution in [1.82, 2.24) is 14.8 Å². The van der Waals surface area contributed by atoms with Gasteiger partial charge in [0, 0.05) is 38.4 Å². The highest BCUT2D eigenvalue weighted by Crippen LogP contribution is 2.43. The summed E-state index contributed by atoms with van der Waals surface area (Å²) in [5.74, 6) is 1.17. The zero-order chi connectivity index (χ0) is 21.3. The van der Waals surface area contributed by atoms with E-state index in [0.29, 0.717) is 11.5 Å². The Morgan fingerprint density at radius 3 is 2.19 bits per heavy atom. The van der Waals surface area contributed by atoms with Crippen LogP contribution < -0.4 is 4.90 Å². The summed E-state index contributed by atoms with van der Waals surface area (Å²) in [6.07, 6.45) is 17.5. The van der Waals surface area contributed by atoms with Crippen molar-refractivity contribution in [2.75, 3.05) is 38.1 Å². The highest BCUT2D eigenvalue weighted by atomic mass is 16.2. The van der Waals surface area contributed by atoms with Gasteiger partial charge in [0.25, 0.3) is 5.91 Å². The lowest BCUT2D eigenvalue weighted by atomic mass is 9.70. The smallest absolute Gasteiger partial charge is 0.255 e. The maximum absolute atomic E-state index is 12.9. The molecule has 1 aromatic heterocycles. The lowest BCUT2D eigenvalue weighted by molar-refractivity contribution is 0.0305. The Bertz CT molecular complexity index is 735. The third-order valence-corrected chi connectivity index (χ3v) is 9.04. The highest BCUT2D eigenvalue weighted by molar-refractivity contribution is 5.94. The van der Waals surface area contributed by atoms with Crippen LogP contribution in [0.1, 0.15) is 87.4 Å². The number of rotatable bonds is 4. The minimum absolute atomic E-state index is 0.127. The average Bonchev–Trinajstić information content (AvgIpc) is 2.80. The monoisotopic (exact) mass is 424 g/mol. The van der Waals surface area contributed by atoms with Crippen LogP contribution in [0.25, 0.3) is 0 Å². The van der Waals surface area contributed by atoms with E-state index in [9.17, 15) is 4.79 Å². The van der Waals surface area contributed by atoms with Crippen LogP contribution in [0.4, 0.5) is 5.82 Å². The van der Waals surface area contributed by atoms with Crippen LogP contribution in [0, 0.1) is 5.41 Å². The van der Waals surface area contributed by atoms with E-state index in [1.165, 1.54) is 77.3 Å². The Hall–Kier alpha value is -1.62. The van der Waals surface area contributed by atoms with Gasteiger partial charge in [0.05, 0.1) is 5.56 Å². The molecule has 0 N–H and O–H groups in total. The third-order valence-electron chi connectivity index (χ3n) is 9.04. The molecule has 3 heterocycles. The van der Waals surface area contributed by atoms with Crippen molar-refractivity contribution in [1.29, 1.82) is 0 Å². The van der Waals surface area contributed by atoms with Crippen LogP contribution in [0.5, 0.6) is 0 Å². The number of amides is 1. The van der Waals surface area contributed by atoms with Gasteiger partial charge >= 0.3 is 0 Å². The summed E-state index contributed by atoms with van der Waals surface area (Å²) in [5, 5.41) is 0. The number of likely N-dealkylation sites (tertiary alicyclic amines) is 1. The molecule has 2 saturated carbocycles. The van der Waals surface area contributed by atoms with Crippen LogP contribution in [0.2, 0.25) is 0 Å². The van der Waals surface area contributed by atoms with Crippen molar-refractivity contribution in [2.24, 2.45) is 5.41 Å². The van der Waals surface area contributed by atoms with Crippen molar-refractivity contribution in [3.63, 3.8) is 0 Å². The molecule has 0 bridgehead atoms. The normalized spacial score (nSPS) is 25.4. The number of pyridine rings is 1. The van der Waals surface area contributed by atoms with Gasteiger partial charge < -0.3 is 14.7 Å². The lowest BCUT2D eigenvalue weighted by Crippen LogP contribution is -2.51. The minimum atomic E-state index is 0.127. The molecule has 4 aliphatic rings. The first-order valence-electron chi connectivity index (χ1n) is 12.9. The molecule has 31 heavy (non-hydrogen) atoms. The fourth-order valence-corrected chi connectivity index (χ4v) is 6.36. The number of carbonyl (C=O) groups excluding carboxylic acids is 1. The van der Waals surface area contributed by atoms with Crippen molar-refractivity contribution in [3.8, 4) is 0 Å². The largest absolute Gasteiger partial charge is 0.357 e. The van der Waals surface area contributed by atoms with Gasteiger partial charge in [-0.1, -0.05) is 25.7 Å². The lowest BCUT2D eigenvalue weighted by Gasteiger charge is -2.50. The van der Waals surface area contributed by atoms with E-state index >= 15 is 0 Å². The maximum Gasteiger partial charge on any atom is 0.255 e. The average molecular weight is 425 g/mol. The predicted molar refractivity (Wildman–Crippen MR) is 126 cm³/mol. The number of nitrogens with zero attached hydrogens (tertiary/aromatic N) is 4. The maximum atomic E-state index is 12.9. The molecule has 0 aromatic carbocycles. The molecule has 1 aromatic rings. The molecule has 1 amide bonds. The van der Waals surface area contributed by atoms with E-state index in [0.717, 1.165) is 43.4 Å². The third kappa shape index (κ3) is 4.48. The molecule has 2 aliphatic carbocycles. The molecule has 0 radical (unpaired) electrons. The molecule has 0 unspecified atom stereocenters. The zero-order valence-electron chi connectivity index (χ0n) is 19.4. The number of carbonyl (C=O) groups is 1. The first-order valence-corrected chi connectivity index (χ1v) is 12.9. The SMILES string of the molecule is CN(C(=O)c1ccc(N2CCC3(CC2)CCN(C2CCC2)CC3)nc1)C1CCCCC1. The fraction of sp³-hybridized carbons (Fsp3) is 0.769. The molecule has 2 aliphatic heterocycles. The van der Waals surface area contributed by atoms with E-state index in [1.54, 1.807) is 6.20 Å². The molecule has 5 nitrogen and oxygen atoms in total. The minimum Gasteiger partial charge on any atom is -0.357 e. The second-order valence-corrected chi connectivity index (χ2v) is 10.7. The van der Waals surface area contributed by atoms with Crippen LogP contribution >= 0.6 is 0 Å². The number of hydrogen-bond acceptors (Lipinski definition) is 4. The van der Waals surface area contributed by atoms with Gasteiger partial charge in [0.1, 0.15) is 5.82 Å². The van der Waals surface area contributed by atoms with Crippen molar-refractivity contribution >= 4 is 11.7 Å². The van der Waals surface area contributed by atoms with Crippen LogP contribution in [-0.4, -0.2) is 66.0 Å². The van der Waals surface area contributed by atoms with Crippen molar-refractivity contribution in [2.45, 2.75) is 89.1 Å². The van der Waals surface area contributed by atoms with Gasteiger partial charge in [0.15, 0.2) is 0 Å². The van der Waals surface area contributed by atoms with Gasteiger partial charge in [-0.05, 0) is 82.0 Å². The second kappa shape index (κ2) is 9.09. The molecule has 5 rings (SSSR count). The van der Waals surface area contributed by atoms with Crippen molar-refractivity contribution in [3.05, 3.63) is 23.9 Å². The van der Waals surface area contributed by atoms with E-state index in [-0.39, 0.29) is 5.91 Å². The summed E-state index contributed by atoms with van der Waals surface area (Å²) in [6, 6.07) is 5.36. The number of aromatic nitrogens is 1. The zero-order valence-corrected chi connectivity index (χ0v) is 19.4. The molecular formula is C26H40N4O. The van der Waals surface area contributed by atoms with Gasteiger partial charge in [0.2, 0.25) is 0 Å². The summed E-state index contributed by atoms with van der Waals surface area (Å²) < 4.78 is 0. The predicted octanol–water partition coefficient (Wildman–Crippen LogP) is 4.72. The summed E-state index contributed by atoms with van der Waals surface area (Å²) in [6.45, 7) is 4.83. The molecular weight excluding hydrogens is 384 g/mol. The van der Waals surface area contributed by atoms with Crippen LogP contribution in [0.15, 0.2) is 18.3 Å². The van der Waals surface area contributed by atoms with Gasteiger partial charge in [-0.15, -0.1) is 0 Å². The quantitative estimate of drug-likeness (QED) is 0.701. The van der Waals surface area contributed by atoms with Gasteiger partial charge in [-0.25, -0.2) is 4.98 Å². The van der Waals surface area contributed by atoms with Gasteiger partial charge in [-0.3, -0.25) is 4.79 Å². The second-order valence-electron chi connectivity index (χ2n) is 10.7. The van der Waals surface area contributed by atoms with Gasteiger partial charge in [-0.2, -0.15) is 0 Å². The first-order chi connectivity index (χ1) is 15.1. The molecule has 0 atom stereocenters. The number of anilines is 1. The van der Waals surface area contributed by atoms with E-state index < -0.39 is 0 Å². The highest BCUT2D eigenvalue weighted by Gasteiger charge is 2.39. The summed E-state index contributed by atoms with van der Waals surface area (Å²) in [4.78, 5) is 24.8. The van der Waals surface area contributed by atoms with Crippen molar-refractivity contribution < 1.29 is 4.79 Å². The Kier molecular flexibility index (Phi) is 6.23. The van der Waals surface area contributed by atoms with E-state index in [2.05, 4.69) is 15.9 Å². The summed E-state index contributed by atoms with van der Waals surface area (Å²) >= 11 is 0. The standard InChI is InChI=1S/C26H40N4O/c1-28(22-6-3-2-4-7-22)25(31)21-10-11-24(27-20-21)30-18-14-26(15-19-30)12-16-29(17-13-26)23-8-5-9-23/h10-11,20,22-23H,2-9,12-19H2,1H3. The Morgan fingerprint density at radius 2 is 1.61 bits per heavy atom. The molecule has 1 spiro atoms. The van der Waals surface area contributed by atoms with E-state index in [1.807, 2.05) is 18.0 Å². The molecule has 170 valence electrons. The number of hydrogen-bond donors (Lipinski definition) is 0. The molecule has 2 saturated heterocycles. The summed E-state index contributed by atoms with van der Waals surface area (Å²) in [5.41, 5.74) is 1.30. The Balaban J connectivity index is 1.14. The molecule has 4 fully saturated rings. The van der Waals surface area contributed by atoms with E-state index in [4.69, 9.17) is 4.98 Å². The topological polar surface area (TPSA) is 39.7 Å². The molecule has 5 heteroatoms. The fourth-order valence-electron chi connectivity index (χ4n) is 6.36. The first kappa shape index (κ1) is 21.2.